The minimum atomic E-state index is -0.989. The van der Waals surface area contributed by atoms with Crippen molar-refractivity contribution in [1.82, 2.24) is 10.3 Å². The fraction of sp³-hybridized carbons (Fsp3) is 0.316. The van der Waals surface area contributed by atoms with Crippen LogP contribution in [0.3, 0.4) is 0 Å². The summed E-state index contributed by atoms with van der Waals surface area (Å²) in [6, 6.07) is 9.81. The standard InChI is InChI=1S/C19H22N2O5/c1-13-5-3-4-6-15(13)16(12-18(22)23)21-19(24)14-7-8-20-17(11-14)26-10-9-25-2/h3-8,11,16H,9-10,12H2,1-2H3,(H,21,24)(H,22,23). The van der Waals surface area contributed by atoms with Gasteiger partial charge in [-0.15, -0.1) is 0 Å². The number of nitrogens with one attached hydrogen (secondary N) is 1. The molecule has 0 aliphatic carbocycles. The Morgan fingerprint density at radius 3 is 2.69 bits per heavy atom. The van der Waals surface area contributed by atoms with Gasteiger partial charge in [-0.1, -0.05) is 24.3 Å². The number of aromatic nitrogens is 1. The summed E-state index contributed by atoms with van der Waals surface area (Å²) in [5.74, 6) is -1.07. The van der Waals surface area contributed by atoms with E-state index in [2.05, 4.69) is 10.3 Å². The van der Waals surface area contributed by atoms with Gasteiger partial charge in [-0.3, -0.25) is 9.59 Å². The van der Waals surface area contributed by atoms with Crippen molar-refractivity contribution in [2.45, 2.75) is 19.4 Å². The SMILES string of the molecule is COCCOc1cc(C(=O)NC(CC(=O)O)c2ccccc2C)ccn1. The molecule has 26 heavy (non-hydrogen) atoms. The normalized spacial score (nSPS) is 11.6. The first-order chi connectivity index (χ1) is 12.5. The van der Waals surface area contributed by atoms with Crippen LogP contribution >= 0.6 is 0 Å². The van der Waals surface area contributed by atoms with Crippen LogP contribution in [-0.2, 0) is 9.53 Å². The molecular formula is C19H22N2O5. The number of aliphatic carboxylic acids is 1. The van der Waals surface area contributed by atoms with Gasteiger partial charge in [0.15, 0.2) is 0 Å². The highest BCUT2D eigenvalue weighted by Gasteiger charge is 2.20. The van der Waals surface area contributed by atoms with Crippen molar-refractivity contribution in [3.8, 4) is 5.88 Å². The maximum atomic E-state index is 12.6. The molecule has 0 aliphatic rings. The molecule has 138 valence electrons. The van der Waals surface area contributed by atoms with Crippen molar-refractivity contribution in [2.75, 3.05) is 20.3 Å². The molecule has 0 saturated heterocycles. The number of benzene rings is 1. The van der Waals surface area contributed by atoms with Gasteiger partial charge in [-0.25, -0.2) is 4.98 Å². The number of methoxy groups -OCH3 is 1. The Labute approximate surface area is 152 Å². The molecule has 0 saturated carbocycles. The molecular weight excluding hydrogens is 336 g/mol. The third-order valence-electron chi connectivity index (χ3n) is 3.78. The lowest BCUT2D eigenvalue weighted by Gasteiger charge is -2.19. The number of carbonyl (C=O) groups excluding carboxylic acids is 1. The molecule has 1 aromatic heterocycles. The summed E-state index contributed by atoms with van der Waals surface area (Å²) in [5, 5.41) is 12.0. The minimum Gasteiger partial charge on any atom is -0.481 e. The molecule has 0 bridgehead atoms. The fourth-order valence-electron chi connectivity index (χ4n) is 2.49. The van der Waals surface area contributed by atoms with Gasteiger partial charge in [0, 0.05) is 24.9 Å². The number of carboxylic acid groups (broad SMARTS) is 1. The predicted molar refractivity (Wildman–Crippen MR) is 95.2 cm³/mol. The molecule has 1 amide bonds. The molecule has 7 nitrogen and oxygen atoms in total. The van der Waals surface area contributed by atoms with Crippen LogP contribution in [0.4, 0.5) is 0 Å². The lowest BCUT2D eigenvalue weighted by atomic mass is 9.98. The molecule has 2 aromatic rings. The second kappa shape index (κ2) is 9.53. The number of pyridine rings is 1. The van der Waals surface area contributed by atoms with Crippen molar-refractivity contribution in [2.24, 2.45) is 0 Å². The number of aryl methyl sites for hydroxylation is 1. The maximum Gasteiger partial charge on any atom is 0.305 e. The summed E-state index contributed by atoms with van der Waals surface area (Å²) < 4.78 is 10.3. The Morgan fingerprint density at radius 1 is 1.23 bits per heavy atom. The van der Waals surface area contributed by atoms with E-state index < -0.39 is 17.9 Å². The summed E-state index contributed by atoms with van der Waals surface area (Å²) in [7, 11) is 1.56. The van der Waals surface area contributed by atoms with E-state index in [4.69, 9.17) is 9.47 Å². The summed E-state index contributed by atoms with van der Waals surface area (Å²) in [6.07, 6.45) is 1.26. The van der Waals surface area contributed by atoms with Crippen LogP contribution in [0, 0.1) is 6.92 Å². The fourth-order valence-corrected chi connectivity index (χ4v) is 2.49. The van der Waals surface area contributed by atoms with Crippen molar-refractivity contribution in [3.63, 3.8) is 0 Å². The first-order valence-electron chi connectivity index (χ1n) is 8.17. The van der Waals surface area contributed by atoms with E-state index in [9.17, 15) is 14.7 Å². The smallest absolute Gasteiger partial charge is 0.305 e. The maximum absolute atomic E-state index is 12.6. The zero-order valence-corrected chi connectivity index (χ0v) is 14.8. The van der Waals surface area contributed by atoms with Gasteiger partial charge in [-0.05, 0) is 24.1 Å². The molecule has 7 heteroatoms. The summed E-state index contributed by atoms with van der Waals surface area (Å²) >= 11 is 0. The minimum absolute atomic E-state index is 0.209. The zero-order valence-electron chi connectivity index (χ0n) is 14.8. The lowest BCUT2D eigenvalue weighted by Crippen LogP contribution is -2.30. The average Bonchev–Trinajstić information content (AvgIpc) is 2.61. The van der Waals surface area contributed by atoms with E-state index in [1.807, 2.05) is 31.2 Å². The van der Waals surface area contributed by atoms with Crippen LogP contribution in [0.2, 0.25) is 0 Å². The van der Waals surface area contributed by atoms with Gasteiger partial charge < -0.3 is 19.9 Å². The molecule has 1 atom stereocenters. The molecule has 1 unspecified atom stereocenters. The largest absolute Gasteiger partial charge is 0.481 e. The highest BCUT2D eigenvalue weighted by atomic mass is 16.5. The van der Waals surface area contributed by atoms with E-state index in [0.29, 0.717) is 24.7 Å². The topological polar surface area (TPSA) is 97.8 Å². The van der Waals surface area contributed by atoms with E-state index in [1.165, 1.54) is 12.3 Å². The van der Waals surface area contributed by atoms with Gasteiger partial charge in [0.05, 0.1) is 19.1 Å². The van der Waals surface area contributed by atoms with Crippen LogP contribution in [0.5, 0.6) is 5.88 Å². The third kappa shape index (κ3) is 5.56. The Kier molecular flexibility index (Phi) is 7.11. The molecule has 0 radical (unpaired) electrons. The van der Waals surface area contributed by atoms with E-state index in [-0.39, 0.29) is 6.42 Å². The molecule has 0 spiro atoms. The monoisotopic (exact) mass is 358 g/mol. The van der Waals surface area contributed by atoms with E-state index in [1.54, 1.807) is 13.2 Å². The average molecular weight is 358 g/mol. The van der Waals surface area contributed by atoms with Crippen LogP contribution in [0.25, 0.3) is 0 Å². The van der Waals surface area contributed by atoms with Gasteiger partial charge in [-0.2, -0.15) is 0 Å². The first kappa shape index (κ1) is 19.4. The second-order valence-corrected chi connectivity index (χ2v) is 5.70. The van der Waals surface area contributed by atoms with Crippen LogP contribution in [0.15, 0.2) is 42.6 Å². The Morgan fingerprint density at radius 2 is 2.00 bits per heavy atom. The summed E-state index contributed by atoms with van der Waals surface area (Å²) in [4.78, 5) is 27.9. The number of rotatable bonds is 9. The predicted octanol–water partition coefficient (Wildman–Crippen LogP) is 2.36. The Balaban J connectivity index is 2.15. The number of hydrogen-bond acceptors (Lipinski definition) is 5. The van der Waals surface area contributed by atoms with Crippen molar-refractivity contribution in [3.05, 3.63) is 59.3 Å². The van der Waals surface area contributed by atoms with Gasteiger partial charge in [0.25, 0.3) is 5.91 Å². The second-order valence-electron chi connectivity index (χ2n) is 5.70. The van der Waals surface area contributed by atoms with Crippen LogP contribution in [-0.4, -0.2) is 42.3 Å². The Bertz CT molecular complexity index is 763. The van der Waals surface area contributed by atoms with E-state index in [0.717, 1.165) is 11.1 Å². The van der Waals surface area contributed by atoms with Crippen LogP contribution in [0.1, 0.15) is 33.9 Å². The Hall–Kier alpha value is -2.93. The number of amides is 1. The number of hydrogen-bond donors (Lipinski definition) is 2. The zero-order chi connectivity index (χ0) is 18.9. The highest BCUT2D eigenvalue weighted by Crippen LogP contribution is 2.21. The first-order valence-corrected chi connectivity index (χ1v) is 8.17. The summed E-state index contributed by atoms with van der Waals surface area (Å²) in [5.41, 5.74) is 2.03. The van der Waals surface area contributed by atoms with Gasteiger partial charge in [0.2, 0.25) is 5.88 Å². The van der Waals surface area contributed by atoms with Gasteiger partial charge in [0.1, 0.15) is 6.61 Å². The molecule has 1 heterocycles. The summed E-state index contributed by atoms with van der Waals surface area (Å²) in [6.45, 7) is 2.61. The molecule has 0 aliphatic heterocycles. The molecule has 2 rings (SSSR count). The lowest BCUT2D eigenvalue weighted by molar-refractivity contribution is -0.137. The number of ether oxygens (including phenoxy) is 2. The molecule has 2 N–H and O–H groups in total. The third-order valence-corrected chi connectivity index (χ3v) is 3.78. The van der Waals surface area contributed by atoms with Crippen molar-refractivity contribution < 1.29 is 24.2 Å². The number of nitrogens with zero attached hydrogens (tertiary/aromatic N) is 1. The molecule has 0 fully saturated rings. The van der Waals surface area contributed by atoms with Gasteiger partial charge >= 0.3 is 5.97 Å². The van der Waals surface area contributed by atoms with Crippen LogP contribution < -0.4 is 10.1 Å². The van der Waals surface area contributed by atoms with Crippen molar-refractivity contribution in [1.29, 1.82) is 0 Å². The van der Waals surface area contributed by atoms with Crippen molar-refractivity contribution >= 4 is 11.9 Å². The van der Waals surface area contributed by atoms with E-state index >= 15 is 0 Å². The quantitative estimate of drug-likeness (QED) is 0.668. The highest BCUT2D eigenvalue weighted by molar-refractivity contribution is 5.94. The number of carboxylic acids is 1. The number of carbonyl (C=O) groups is 2. The molecule has 1 aromatic carbocycles.